The SMILES string of the molecule is C[C@]12CCC(=O)N[C@@H]1CCc1cc(NC(=O)c3ccccc3)ccc12. The van der Waals surface area contributed by atoms with E-state index in [0.29, 0.717) is 12.0 Å². The highest BCUT2D eigenvalue weighted by Crippen LogP contribution is 2.43. The van der Waals surface area contributed by atoms with Gasteiger partial charge in [-0.05, 0) is 54.7 Å². The van der Waals surface area contributed by atoms with E-state index in [4.69, 9.17) is 0 Å². The lowest BCUT2D eigenvalue weighted by Crippen LogP contribution is -2.55. The van der Waals surface area contributed by atoms with Crippen LogP contribution in [0.5, 0.6) is 0 Å². The van der Waals surface area contributed by atoms with Crippen LogP contribution in [0.15, 0.2) is 48.5 Å². The van der Waals surface area contributed by atoms with Crippen molar-refractivity contribution in [3.63, 3.8) is 0 Å². The van der Waals surface area contributed by atoms with Crippen molar-refractivity contribution in [1.29, 1.82) is 0 Å². The first kappa shape index (κ1) is 15.9. The smallest absolute Gasteiger partial charge is 0.255 e. The first-order valence-electron chi connectivity index (χ1n) is 8.85. The molecule has 4 rings (SSSR count). The molecule has 1 aliphatic heterocycles. The van der Waals surface area contributed by atoms with Gasteiger partial charge in [-0.15, -0.1) is 0 Å². The minimum absolute atomic E-state index is 0.0105. The number of carbonyl (C=O) groups is 2. The Bertz CT molecular complexity index is 831. The summed E-state index contributed by atoms with van der Waals surface area (Å²) < 4.78 is 0. The minimum Gasteiger partial charge on any atom is -0.352 e. The molecule has 2 atom stereocenters. The second-order valence-corrected chi connectivity index (χ2v) is 7.27. The van der Waals surface area contributed by atoms with Crippen molar-refractivity contribution < 1.29 is 9.59 Å². The van der Waals surface area contributed by atoms with Crippen molar-refractivity contribution in [2.75, 3.05) is 5.32 Å². The molecule has 0 aromatic heterocycles. The van der Waals surface area contributed by atoms with Crippen LogP contribution in [-0.4, -0.2) is 17.9 Å². The summed E-state index contributed by atoms with van der Waals surface area (Å²) in [6, 6.07) is 15.6. The minimum atomic E-state index is -0.0922. The Hall–Kier alpha value is -2.62. The molecule has 0 unspecified atom stereocenters. The Labute approximate surface area is 147 Å². The van der Waals surface area contributed by atoms with Gasteiger partial charge in [0.05, 0.1) is 0 Å². The van der Waals surface area contributed by atoms with E-state index in [2.05, 4.69) is 29.7 Å². The Morgan fingerprint density at radius 1 is 1.16 bits per heavy atom. The second kappa shape index (κ2) is 6.03. The molecule has 2 aliphatic rings. The highest BCUT2D eigenvalue weighted by atomic mass is 16.2. The fourth-order valence-corrected chi connectivity index (χ4v) is 4.21. The zero-order valence-corrected chi connectivity index (χ0v) is 14.3. The number of rotatable bonds is 2. The van der Waals surface area contributed by atoms with Gasteiger partial charge in [0.1, 0.15) is 0 Å². The van der Waals surface area contributed by atoms with Gasteiger partial charge in [-0.2, -0.15) is 0 Å². The second-order valence-electron chi connectivity index (χ2n) is 7.27. The lowest BCUT2D eigenvalue weighted by atomic mass is 9.64. The predicted molar refractivity (Wildman–Crippen MR) is 97.7 cm³/mol. The van der Waals surface area contributed by atoms with Crippen molar-refractivity contribution in [2.24, 2.45) is 0 Å². The number of hydrogen-bond donors (Lipinski definition) is 2. The number of piperidine rings is 1. The van der Waals surface area contributed by atoms with Crippen molar-refractivity contribution in [2.45, 2.75) is 44.1 Å². The zero-order valence-electron chi connectivity index (χ0n) is 14.3. The molecule has 25 heavy (non-hydrogen) atoms. The summed E-state index contributed by atoms with van der Waals surface area (Å²) in [6.07, 6.45) is 3.33. The third-order valence-electron chi connectivity index (χ3n) is 5.69. The third kappa shape index (κ3) is 2.82. The first-order valence-corrected chi connectivity index (χ1v) is 8.85. The van der Waals surface area contributed by atoms with Crippen LogP contribution < -0.4 is 10.6 Å². The molecule has 0 bridgehead atoms. The van der Waals surface area contributed by atoms with Gasteiger partial charge in [-0.1, -0.05) is 31.2 Å². The third-order valence-corrected chi connectivity index (χ3v) is 5.69. The number of amides is 2. The number of anilines is 1. The normalized spacial score (nSPS) is 24.7. The predicted octanol–water partition coefficient (Wildman–Crippen LogP) is 3.42. The van der Waals surface area contributed by atoms with E-state index < -0.39 is 0 Å². The maximum Gasteiger partial charge on any atom is 0.255 e. The number of carbonyl (C=O) groups excluding carboxylic acids is 2. The van der Waals surface area contributed by atoms with Crippen LogP contribution in [0.25, 0.3) is 0 Å². The Balaban J connectivity index is 1.59. The highest BCUT2D eigenvalue weighted by Gasteiger charge is 2.43. The lowest BCUT2D eigenvalue weighted by molar-refractivity contribution is -0.125. The average Bonchev–Trinajstić information content (AvgIpc) is 2.63. The number of nitrogens with one attached hydrogen (secondary N) is 2. The molecule has 128 valence electrons. The van der Waals surface area contributed by atoms with Gasteiger partial charge in [0.25, 0.3) is 5.91 Å². The van der Waals surface area contributed by atoms with E-state index in [1.54, 1.807) is 0 Å². The summed E-state index contributed by atoms with van der Waals surface area (Å²) in [5, 5.41) is 6.15. The quantitative estimate of drug-likeness (QED) is 0.884. The molecule has 1 aliphatic carbocycles. The van der Waals surface area contributed by atoms with E-state index >= 15 is 0 Å². The molecule has 0 saturated carbocycles. The first-order chi connectivity index (χ1) is 12.1. The van der Waals surface area contributed by atoms with Crippen molar-refractivity contribution in [1.82, 2.24) is 5.32 Å². The standard InChI is InChI=1S/C21H22N2O2/c1-21-12-11-19(24)23-18(21)10-7-15-13-16(8-9-17(15)21)22-20(25)14-5-3-2-4-6-14/h2-6,8-9,13,18H,7,10-12H2,1H3,(H,22,25)(H,23,24)/t18-,21-/m1/s1. The molecule has 0 spiro atoms. The van der Waals surface area contributed by atoms with Crippen molar-refractivity contribution >= 4 is 17.5 Å². The van der Waals surface area contributed by atoms with E-state index in [-0.39, 0.29) is 23.3 Å². The highest BCUT2D eigenvalue weighted by molar-refractivity contribution is 6.04. The summed E-state index contributed by atoms with van der Waals surface area (Å²) in [5.41, 5.74) is 4.06. The van der Waals surface area contributed by atoms with Gasteiger partial charge in [0.2, 0.25) is 5.91 Å². The molecule has 0 radical (unpaired) electrons. The van der Waals surface area contributed by atoms with E-state index in [9.17, 15) is 9.59 Å². The molecule has 1 heterocycles. The van der Waals surface area contributed by atoms with Crippen molar-refractivity contribution in [3.05, 3.63) is 65.2 Å². The van der Waals surface area contributed by atoms with Crippen LogP contribution in [0.4, 0.5) is 5.69 Å². The van der Waals surface area contributed by atoms with E-state index in [0.717, 1.165) is 24.9 Å². The largest absolute Gasteiger partial charge is 0.352 e. The molecule has 2 amide bonds. The van der Waals surface area contributed by atoms with Gasteiger partial charge in [0, 0.05) is 29.1 Å². The number of benzene rings is 2. The fourth-order valence-electron chi connectivity index (χ4n) is 4.21. The molecule has 1 saturated heterocycles. The van der Waals surface area contributed by atoms with Gasteiger partial charge < -0.3 is 10.6 Å². The summed E-state index contributed by atoms with van der Waals surface area (Å²) >= 11 is 0. The van der Waals surface area contributed by atoms with Crippen LogP contribution in [0.2, 0.25) is 0 Å². The molecule has 4 nitrogen and oxygen atoms in total. The maximum absolute atomic E-state index is 12.4. The van der Waals surface area contributed by atoms with E-state index in [1.165, 1.54) is 11.1 Å². The van der Waals surface area contributed by atoms with Crippen LogP contribution >= 0.6 is 0 Å². The van der Waals surface area contributed by atoms with Crippen LogP contribution in [0.3, 0.4) is 0 Å². The Morgan fingerprint density at radius 2 is 1.96 bits per heavy atom. The van der Waals surface area contributed by atoms with Crippen molar-refractivity contribution in [3.8, 4) is 0 Å². The van der Waals surface area contributed by atoms with Gasteiger partial charge in [-0.3, -0.25) is 9.59 Å². The summed E-state index contributed by atoms with van der Waals surface area (Å²) in [7, 11) is 0. The molecule has 4 heteroatoms. The Morgan fingerprint density at radius 3 is 2.76 bits per heavy atom. The van der Waals surface area contributed by atoms with Crippen LogP contribution in [0.1, 0.15) is 47.7 Å². The van der Waals surface area contributed by atoms with Crippen LogP contribution in [0, 0.1) is 0 Å². The monoisotopic (exact) mass is 334 g/mol. The zero-order chi connectivity index (χ0) is 17.4. The molecule has 2 aromatic rings. The average molecular weight is 334 g/mol. The maximum atomic E-state index is 12.4. The summed E-state index contributed by atoms with van der Waals surface area (Å²) in [5.74, 6) is 0.0723. The molecular formula is C21H22N2O2. The van der Waals surface area contributed by atoms with E-state index in [1.807, 2.05) is 36.4 Å². The lowest BCUT2D eigenvalue weighted by Gasteiger charge is -2.46. The molecule has 1 fully saturated rings. The van der Waals surface area contributed by atoms with Gasteiger partial charge in [0.15, 0.2) is 0 Å². The number of hydrogen-bond acceptors (Lipinski definition) is 2. The number of aryl methyl sites for hydroxylation is 1. The molecule has 2 aromatic carbocycles. The van der Waals surface area contributed by atoms with Gasteiger partial charge in [-0.25, -0.2) is 0 Å². The molecular weight excluding hydrogens is 312 g/mol. The fraction of sp³-hybridized carbons (Fsp3) is 0.333. The van der Waals surface area contributed by atoms with Gasteiger partial charge >= 0.3 is 0 Å². The summed E-state index contributed by atoms with van der Waals surface area (Å²) in [4.78, 5) is 24.1. The summed E-state index contributed by atoms with van der Waals surface area (Å²) in [6.45, 7) is 2.25. The number of fused-ring (bicyclic) bond motifs is 3. The van der Waals surface area contributed by atoms with Crippen LogP contribution in [-0.2, 0) is 16.6 Å². The Kier molecular flexibility index (Phi) is 3.83. The molecule has 2 N–H and O–H groups in total. The topological polar surface area (TPSA) is 58.2 Å².